The lowest BCUT2D eigenvalue weighted by Crippen LogP contribution is -2.21. The summed E-state index contributed by atoms with van der Waals surface area (Å²) < 4.78 is 5.65. The molecule has 1 aromatic carbocycles. The molecule has 2 rings (SSSR count). The van der Waals surface area contributed by atoms with E-state index in [1.54, 1.807) is 0 Å². The lowest BCUT2D eigenvalue weighted by molar-refractivity contribution is 0.210. The number of para-hydroxylation sites is 1. The highest BCUT2D eigenvalue weighted by Crippen LogP contribution is 2.12. The summed E-state index contributed by atoms with van der Waals surface area (Å²) in [6.45, 7) is 8.59. The van der Waals surface area contributed by atoms with Gasteiger partial charge >= 0.3 is 0 Å². The zero-order valence-corrected chi connectivity index (χ0v) is 14.5. The third kappa shape index (κ3) is 8.56. The molecule has 0 amide bonds. The van der Waals surface area contributed by atoms with Crippen LogP contribution in [0.3, 0.4) is 0 Å². The molecule has 0 aromatic heterocycles. The molecular formula is C20H31NO. The average Bonchev–Trinajstić information content (AvgIpc) is 2.49. The fourth-order valence-electron chi connectivity index (χ4n) is 2.25. The molecule has 0 fully saturated rings. The van der Waals surface area contributed by atoms with Crippen LogP contribution in [0.15, 0.2) is 54.3 Å². The summed E-state index contributed by atoms with van der Waals surface area (Å²) in [4.78, 5) is 0. The van der Waals surface area contributed by atoms with Crippen molar-refractivity contribution in [2.24, 2.45) is 0 Å². The van der Waals surface area contributed by atoms with Gasteiger partial charge in [0.2, 0.25) is 0 Å². The molecule has 0 saturated carbocycles. The van der Waals surface area contributed by atoms with Gasteiger partial charge in [-0.05, 0) is 58.2 Å². The van der Waals surface area contributed by atoms with Gasteiger partial charge in [0.25, 0.3) is 0 Å². The maximum atomic E-state index is 5.65. The summed E-state index contributed by atoms with van der Waals surface area (Å²) in [7, 11) is 0. The van der Waals surface area contributed by atoms with Crippen LogP contribution in [0, 0.1) is 0 Å². The summed E-state index contributed by atoms with van der Waals surface area (Å²) in [5.74, 6) is 0.971. The molecule has 0 saturated heterocycles. The Labute approximate surface area is 136 Å². The van der Waals surface area contributed by atoms with Crippen molar-refractivity contribution in [1.29, 1.82) is 0 Å². The van der Waals surface area contributed by atoms with Crippen LogP contribution in [-0.4, -0.2) is 12.1 Å². The van der Waals surface area contributed by atoms with Gasteiger partial charge in [-0.25, -0.2) is 0 Å². The van der Waals surface area contributed by atoms with Crippen molar-refractivity contribution in [1.82, 2.24) is 5.32 Å². The Balaban J connectivity index is 0.000000224. The Hall–Kier alpha value is -1.70. The second-order valence-electron chi connectivity index (χ2n) is 5.97. The molecule has 0 radical (unpaired) electrons. The second kappa shape index (κ2) is 10.9. The molecule has 1 atom stereocenters. The highest BCUT2D eigenvalue weighted by Gasteiger charge is 2.00. The predicted molar refractivity (Wildman–Crippen MR) is 96.2 cm³/mol. The maximum Gasteiger partial charge on any atom is 0.119 e. The van der Waals surface area contributed by atoms with Gasteiger partial charge in [0.15, 0.2) is 0 Å². The monoisotopic (exact) mass is 301 g/mol. The smallest absolute Gasteiger partial charge is 0.119 e. The van der Waals surface area contributed by atoms with Crippen molar-refractivity contribution >= 4 is 0 Å². The van der Waals surface area contributed by atoms with E-state index in [4.69, 9.17) is 4.74 Å². The molecule has 1 aliphatic carbocycles. The van der Waals surface area contributed by atoms with Crippen molar-refractivity contribution in [3.8, 4) is 5.75 Å². The van der Waals surface area contributed by atoms with Crippen LogP contribution in [0.25, 0.3) is 0 Å². The predicted octanol–water partition coefficient (Wildman–Crippen LogP) is 5.47. The fraction of sp³-hybridized carbons (Fsp3) is 0.500. The Morgan fingerprint density at radius 1 is 1.09 bits per heavy atom. The first-order valence-electron chi connectivity index (χ1n) is 8.46. The molecule has 122 valence electrons. The van der Waals surface area contributed by atoms with Crippen LogP contribution >= 0.6 is 0 Å². The van der Waals surface area contributed by atoms with E-state index in [-0.39, 0.29) is 0 Å². The van der Waals surface area contributed by atoms with E-state index in [2.05, 4.69) is 51.2 Å². The van der Waals surface area contributed by atoms with Crippen LogP contribution in [0.1, 0.15) is 53.4 Å². The zero-order chi connectivity index (χ0) is 16.2. The molecule has 0 heterocycles. The number of ether oxygens (including phenoxy) is 1. The van der Waals surface area contributed by atoms with E-state index < -0.39 is 0 Å². The number of benzene rings is 1. The Morgan fingerprint density at radius 2 is 1.82 bits per heavy atom. The molecule has 1 N–H and O–H groups in total. The number of hydrogen-bond acceptors (Lipinski definition) is 2. The first kappa shape index (κ1) is 18.3. The van der Waals surface area contributed by atoms with Crippen LogP contribution < -0.4 is 10.1 Å². The molecule has 2 heteroatoms. The molecule has 0 bridgehead atoms. The van der Waals surface area contributed by atoms with Gasteiger partial charge in [-0.3, -0.25) is 0 Å². The minimum atomic E-state index is 0.331. The zero-order valence-electron chi connectivity index (χ0n) is 14.5. The summed E-state index contributed by atoms with van der Waals surface area (Å²) in [5.41, 5.74) is 1.28. The first-order chi connectivity index (χ1) is 10.6. The standard InChI is InChI=1S/C11H16O.C9H15N/c1-3-7-10(2)12-11-8-5-4-6-9-11;1-8(2)10-9-6-4-3-5-7-9/h4-6,8-10H,3,7H2,1-2H3;4,6-8,10H,3,5H2,1-2H3. The molecule has 22 heavy (non-hydrogen) atoms. The fourth-order valence-corrected chi connectivity index (χ4v) is 2.25. The third-order valence-electron chi connectivity index (χ3n) is 3.23. The van der Waals surface area contributed by atoms with E-state index in [1.807, 2.05) is 30.3 Å². The minimum absolute atomic E-state index is 0.331. The molecule has 2 nitrogen and oxygen atoms in total. The summed E-state index contributed by atoms with van der Waals surface area (Å²) in [5, 5.41) is 3.36. The Bertz CT molecular complexity index is 448. The number of hydrogen-bond donors (Lipinski definition) is 1. The summed E-state index contributed by atoms with van der Waals surface area (Å²) in [6.07, 6.45) is 11.6. The highest BCUT2D eigenvalue weighted by atomic mass is 16.5. The van der Waals surface area contributed by atoms with E-state index in [0.29, 0.717) is 12.1 Å². The number of rotatable bonds is 6. The largest absolute Gasteiger partial charge is 0.491 e. The van der Waals surface area contributed by atoms with Gasteiger partial charge in [0.1, 0.15) is 5.75 Å². The van der Waals surface area contributed by atoms with Gasteiger partial charge in [-0.15, -0.1) is 0 Å². The second-order valence-corrected chi connectivity index (χ2v) is 5.97. The van der Waals surface area contributed by atoms with Gasteiger partial charge in [0, 0.05) is 11.7 Å². The van der Waals surface area contributed by atoms with Gasteiger partial charge in [-0.1, -0.05) is 43.7 Å². The van der Waals surface area contributed by atoms with Gasteiger partial charge in [-0.2, -0.15) is 0 Å². The van der Waals surface area contributed by atoms with Crippen molar-refractivity contribution in [3.63, 3.8) is 0 Å². The van der Waals surface area contributed by atoms with Crippen molar-refractivity contribution < 1.29 is 4.74 Å². The van der Waals surface area contributed by atoms with Crippen molar-refractivity contribution in [2.75, 3.05) is 0 Å². The Kier molecular flexibility index (Phi) is 9.13. The summed E-state index contributed by atoms with van der Waals surface area (Å²) in [6, 6.07) is 10.5. The molecule has 0 spiro atoms. The van der Waals surface area contributed by atoms with Crippen LogP contribution in [-0.2, 0) is 0 Å². The molecule has 1 unspecified atom stereocenters. The van der Waals surface area contributed by atoms with Gasteiger partial charge < -0.3 is 10.1 Å². The van der Waals surface area contributed by atoms with Crippen LogP contribution in [0.5, 0.6) is 5.75 Å². The molecular weight excluding hydrogens is 270 g/mol. The Morgan fingerprint density at radius 3 is 2.36 bits per heavy atom. The highest BCUT2D eigenvalue weighted by molar-refractivity contribution is 5.21. The number of allylic oxidation sites excluding steroid dienone is 3. The molecule has 1 aromatic rings. The minimum Gasteiger partial charge on any atom is -0.491 e. The lowest BCUT2D eigenvalue weighted by Gasteiger charge is -2.12. The van der Waals surface area contributed by atoms with E-state index >= 15 is 0 Å². The van der Waals surface area contributed by atoms with Crippen LogP contribution in [0.2, 0.25) is 0 Å². The summed E-state index contributed by atoms with van der Waals surface area (Å²) >= 11 is 0. The lowest BCUT2D eigenvalue weighted by atomic mass is 10.1. The van der Waals surface area contributed by atoms with Crippen molar-refractivity contribution in [3.05, 3.63) is 54.3 Å². The van der Waals surface area contributed by atoms with Crippen LogP contribution in [0.4, 0.5) is 0 Å². The molecule has 0 aliphatic heterocycles. The van der Waals surface area contributed by atoms with Gasteiger partial charge in [0.05, 0.1) is 6.10 Å². The topological polar surface area (TPSA) is 21.3 Å². The first-order valence-corrected chi connectivity index (χ1v) is 8.46. The van der Waals surface area contributed by atoms with E-state index in [9.17, 15) is 0 Å². The van der Waals surface area contributed by atoms with E-state index in [1.165, 1.54) is 25.0 Å². The maximum absolute atomic E-state index is 5.65. The third-order valence-corrected chi connectivity index (χ3v) is 3.23. The van der Waals surface area contributed by atoms with E-state index in [0.717, 1.165) is 12.2 Å². The SMILES string of the molecule is CC(C)NC1=CCCC=C1.CCCC(C)Oc1ccccc1. The quantitative estimate of drug-likeness (QED) is 0.752. The average molecular weight is 301 g/mol. The molecule has 1 aliphatic rings. The number of nitrogens with one attached hydrogen (secondary N) is 1. The van der Waals surface area contributed by atoms with Crippen molar-refractivity contribution in [2.45, 2.75) is 65.5 Å². The normalized spacial score (nSPS) is 14.7.